The van der Waals surface area contributed by atoms with Crippen LogP contribution in [0.5, 0.6) is 0 Å². The standard InChI is InChI=1S/C25H46N2O8/c28-22(26-16-9-5-1-3-7-12-24(30)31)14-20-34-18-11-19-35-21-15-23(29)27-17-10-6-2-4-8-13-25(32)33/h1-21H2,(H,26,28)(H,27,29)(H,30,31)(H,32,33). The lowest BCUT2D eigenvalue weighted by Crippen LogP contribution is -2.25. The largest absolute Gasteiger partial charge is 0.481 e. The first-order chi connectivity index (χ1) is 16.9. The van der Waals surface area contributed by atoms with Crippen LogP contribution in [0.2, 0.25) is 0 Å². The molecule has 0 aromatic rings. The lowest BCUT2D eigenvalue weighted by atomic mass is 10.1. The van der Waals surface area contributed by atoms with Crippen LogP contribution in [-0.4, -0.2) is 73.5 Å². The van der Waals surface area contributed by atoms with Crippen LogP contribution in [0.25, 0.3) is 0 Å². The summed E-state index contributed by atoms with van der Waals surface area (Å²) in [4.78, 5) is 44.3. The summed E-state index contributed by atoms with van der Waals surface area (Å²) >= 11 is 0. The summed E-state index contributed by atoms with van der Waals surface area (Å²) < 4.78 is 10.9. The predicted octanol–water partition coefficient (Wildman–Crippen LogP) is 3.27. The van der Waals surface area contributed by atoms with E-state index in [1.54, 1.807) is 0 Å². The van der Waals surface area contributed by atoms with E-state index < -0.39 is 11.9 Å². The number of amides is 2. The fraction of sp³-hybridized carbons (Fsp3) is 0.840. The van der Waals surface area contributed by atoms with Gasteiger partial charge in [-0.25, -0.2) is 0 Å². The molecule has 0 saturated heterocycles. The van der Waals surface area contributed by atoms with Crippen molar-refractivity contribution in [1.29, 1.82) is 0 Å². The Hall–Kier alpha value is -2.20. The molecule has 0 bridgehead atoms. The van der Waals surface area contributed by atoms with E-state index in [4.69, 9.17) is 19.7 Å². The third kappa shape index (κ3) is 27.9. The van der Waals surface area contributed by atoms with Crippen molar-refractivity contribution in [2.75, 3.05) is 39.5 Å². The van der Waals surface area contributed by atoms with Crippen LogP contribution in [0, 0.1) is 0 Å². The SMILES string of the molecule is O=C(O)CCCCCCCNC(=O)CCOCCCOCCC(=O)NCCCCCCCC(=O)O. The molecule has 35 heavy (non-hydrogen) atoms. The van der Waals surface area contributed by atoms with Gasteiger partial charge in [0.1, 0.15) is 0 Å². The van der Waals surface area contributed by atoms with E-state index in [1.165, 1.54) is 0 Å². The summed E-state index contributed by atoms with van der Waals surface area (Å²) in [5, 5.41) is 22.8. The minimum Gasteiger partial charge on any atom is -0.481 e. The van der Waals surface area contributed by atoms with E-state index in [1.807, 2.05) is 0 Å². The number of hydrogen-bond acceptors (Lipinski definition) is 6. The molecule has 0 aromatic heterocycles. The molecular formula is C25H46N2O8. The second-order valence-corrected chi connectivity index (χ2v) is 8.60. The number of carbonyl (C=O) groups is 4. The lowest BCUT2D eigenvalue weighted by Gasteiger charge is -2.08. The zero-order valence-corrected chi connectivity index (χ0v) is 21.2. The van der Waals surface area contributed by atoms with Crippen molar-refractivity contribution in [2.24, 2.45) is 0 Å². The molecule has 0 aliphatic rings. The Labute approximate surface area is 209 Å². The first kappa shape index (κ1) is 32.8. The predicted molar refractivity (Wildman–Crippen MR) is 132 cm³/mol. The number of ether oxygens (including phenoxy) is 2. The average Bonchev–Trinajstić information content (AvgIpc) is 2.81. The molecule has 0 radical (unpaired) electrons. The summed E-state index contributed by atoms with van der Waals surface area (Å²) in [5.74, 6) is -1.56. The number of nitrogens with one attached hydrogen (secondary N) is 2. The molecule has 10 heteroatoms. The Kier molecular flexibility index (Phi) is 23.3. The van der Waals surface area contributed by atoms with Gasteiger partial charge in [0.05, 0.1) is 13.2 Å². The molecule has 0 spiro atoms. The van der Waals surface area contributed by atoms with Gasteiger partial charge in [0.15, 0.2) is 0 Å². The van der Waals surface area contributed by atoms with Crippen molar-refractivity contribution in [3.63, 3.8) is 0 Å². The molecule has 4 N–H and O–H groups in total. The Bertz CT molecular complexity index is 524. The number of unbranched alkanes of at least 4 members (excludes halogenated alkanes) is 8. The number of rotatable bonds is 26. The molecular weight excluding hydrogens is 456 g/mol. The summed E-state index contributed by atoms with van der Waals surface area (Å²) in [6, 6.07) is 0. The number of hydrogen-bond donors (Lipinski definition) is 4. The summed E-state index contributed by atoms with van der Waals surface area (Å²) in [6.07, 6.45) is 10.7. The Morgan fingerprint density at radius 1 is 0.457 bits per heavy atom. The van der Waals surface area contributed by atoms with E-state index in [0.29, 0.717) is 71.6 Å². The van der Waals surface area contributed by atoms with Crippen LogP contribution >= 0.6 is 0 Å². The third-order valence-electron chi connectivity index (χ3n) is 5.30. The van der Waals surface area contributed by atoms with Gasteiger partial charge in [-0.2, -0.15) is 0 Å². The number of carbonyl (C=O) groups excluding carboxylic acids is 2. The van der Waals surface area contributed by atoms with Crippen molar-refractivity contribution in [3.8, 4) is 0 Å². The van der Waals surface area contributed by atoms with Gasteiger partial charge >= 0.3 is 11.9 Å². The van der Waals surface area contributed by atoms with E-state index in [2.05, 4.69) is 10.6 Å². The number of carboxylic acids is 2. The molecule has 2 amide bonds. The van der Waals surface area contributed by atoms with Crippen LogP contribution < -0.4 is 10.6 Å². The molecule has 0 aliphatic carbocycles. The van der Waals surface area contributed by atoms with Crippen LogP contribution in [-0.2, 0) is 28.7 Å². The van der Waals surface area contributed by atoms with Gasteiger partial charge in [0.25, 0.3) is 0 Å². The molecule has 0 aromatic carbocycles. The van der Waals surface area contributed by atoms with E-state index in [9.17, 15) is 19.2 Å². The highest BCUT2D eigenvalue weighted by Gasteiger charge is 2.03. The van der Waals surface area contributed by atoms with Crippen LogP contribution in [0.3, 0.4) is 0 Å². The zero-order chi connectivity index (χ0) is 26.0. The molecule has 0 atom stereocenters. The van der Waals surface area contributed by atoms with Crippen LogP contribution in [0.4, 0.5) is 0 Å². The second-order valence-electron chi connectivity index (χ2n) is 8.60. The van der Waals surface area contributed by atoms with Gasteiger partial charge in [0, 0.05) is 52.0 Å². The van der Waals surface area contributed by atoms with Gasteiger partial charge in [-0.3, -0.25) is 19.2 Å². The fourth-order valence-electron chi connectivity index (χ4n) is 3.29. The zero-order valence-electron chi connectivity index (χ0n) is 21.2. The molecule has 0 saturated carbocycles. The van der Waals surface area contributed by atoms with Gasteiger partial charge < -0.3 is 30.3 Å². The maximum Gasteiger partial charge on any atom is 0.303 e. The molecule has 10 nitrogen and oxygen atoms in total. The molecule has 0 aliphatic heterocycles. The van der Waals surface area contributed by atoms with Gasteiger partial charge in [0.2, 0.25) is 11.8 Å². The molecule has 0 unspecified atom stereocenters. The highest BCUT2D eigenvalue weighted by Crippen LogP contribution is 2.05. The third-order valence-corrected chi connectivity index (χ3v) is 5.30. The van der Waals surface area contributed by atoms with Crippen LogP contribution in [0.1, 0.15) is 96.3 Å². The highest BCUT2D eigenvalue weighted by atomic mass is 16.5. The van der Waals surface area contributed by atoms with Gasteiger partial charge in [-0.05, 0) is 32.1 Å². The first-order valence-corrected chi connectivity index (χ1v) is 13.0. The summed E-state index contributed by atoms with van der Waals surface area (Å²) in [6.45, 7) is 3.00. The van der Waals surface area contributed by atoms with Gasteiger partial charge in [-0.1, -0.05) is 38.5 Å². The summed E-state index contributed by atoms with van der Waals surface area (Å²) in [5.41, 5.74) is 0. The van der Waals surface area contributed by atoms with Crippen LogP contribution in [0.15, 0.2) is 0 Å². The molecule has 0 fully saturated rings. The first-order valence-electron chi connectivity index (χ1n) is 13.0. The van der Waals surface area contributed by atoms with Crippen molar-refractivity contribution in [3.05, 3.63) is 0 Å². The maximum atomic E-state index is 11.7. The fourth-order valence-corrected chi connectivity index (χ4v) is 3.29. The molecule has 0 rings (SSSR count). The Balaban J connectivity index is 3.28. The minimum atomic E-state index is -0.751. The highest BCUT2D eigenvalue weighted by molar-refractivity contribution is 5.76. The van der Waals surface area contributed by atoms with Crippen molar-refractivity contribution in [1.82, 2.24) is 10.6 Å². The Morgan fingerprint density at radius 2 is 0.829 bits per heavy atom. The normalized spacial score (nSPS) is 10.7. The topological polar surface area (TPSA) is 151 Å². The summed E-state index contributed by atoms with van der Waals surface area (Å²) in [7, 11) is 0. The van der Waals surface area contributed by atoms with E-state index in [0.717, 1.165) is 51.4 Å². The monoisotopic (exact) mass is 502 g/mol. The van der Waals surface area contributed by atoms with Crippen molar-refractivity contribution < 1.29 is 38.9 Å². The lowest BCUT2D eigenvalue weighted by molar-refractivity contribution is -0.138. The average molecular weight is 503 g/mol. The van der Waals surface area contributed by atoms with Crippen molar-refractivity contribution in [2.45, 2.75) is 96.3 Å². The maximum absolute atomic E-state index is 11.7. The van der Waals surface area contributed by atoms with Gasteiger partial charge in [-0.15, -0.1) is 0 Å². The molecule has 0 heterocycles. The smallest absolute Gasteiger partial charge is 0.303 e. The van der Waals surface area contributed by atoms with E-state index >= 15 is 0 Å². The van der Waals surface area contributed by atoms with E-state index in [-0.39, 0.29) is 24.7 Å². The number of aliphatic carboxylic acids is 2. The number of carboxylic acid groups (broad SMARTS) is 2. The van der Waals surface area contributed by atoms with Crippen molar-refractivity contribution >= 4 is 23.8 Å². The minimum absolute atomic E-state index is 0.0312. The molecule has 204 valence electrons. The Morgan fingerprint density at radius 3 is 1.23 bits per heavy atom. The quantitative estimate of drug-likeness (QED) is 0.132. The second kappa shape index (κ2) is 24.9.